The first kappa shape index (κ1) is 19.7. The molecule has 0 unspecified atom stereocenters. The van der Waals surface area contributed by atoms with Crippen LogP contribution in [0.15, 0.2) is 11.1 Å². The van der Waals surface area contributed by atoms with Gasteiger partial charge in [0, 0.05) is 0 Å². The molecule has 0 amide bonds. The lowest BCUT2D eigenvalue weighted by molar-refractivity contribution is -0.140. The molecule has 0 aliphatic rings. The molecule has 4 heteroatoms. The molecule has 0 saturated carbocycles. The van der Waals surface area contributed by atoms with Gasteiger partial charge in [-0.1, -0.05) is 41.5 Å². The number of allylic oxidation sites excluding steroid dienone is 1. The second-order valence-corrected chi connectivity index (χ2v) is 6.65. The lowest BCUT2D eigenvalue weighted by atomic mass is 9.66. The minimum absolute atomic E-state index is 0.221. The standard InChI is InChI=1S/C17H30O4/c1-7-17(8-2,10-12(5)6)13(9-11(3)4)14(15(18)19)16(20)21/h11-12H,7-10H2,1-6H3,(H,18,19)(H,20,21). The normalized spacial score (nSPS) is 11.8. The summed E-state index contributed by atoms with van der Waals surface area (Å²) < 4.78 is 0. The van der Waals surface area contributed by atoms with Gasteiger partial charge in [0.05, 0.1) is 0 Å². The highest BCUT2D eigenvalue weighted by Crippen LogP contribution is 2.45. The molecule has 0 aliphatic heterocycles. The summed E-state index contributed by atoms with van der Waals surface area (Å²) in [6.07, 6.45) is 2.84. The van der Waals surface area contributed by atoms with E-state index >= 15 is 0 Å². The van der Waals surface area contributed by atoms with Crippen LogP contribution >= 0.6 is 0 Å². The lowest BCUT2D eigenvalue weighted by Crippen LogP contribution is -2.30. The molecule has 0 saturated heterocycles. The average Bonchev–Trinajstić information content (AvgIpc) is 2.33. The van der Waals surface area contributed by atoms with Crippen molar-refractivity contribution in [3.8, 4) is 0 Å². The zero-order valence-corrected chi connectivity index (χ0v) is 14.2. The van der Waals surface area contributed by atoms with E-state index in [0.29, 0.717) is 17.9 Å². The molecule has 0 bridgehead atoms. The van der Waals surface area contributed by atoms with E-state index in [4.69, 9.17) is 0 Å². The Hall–Kier alpha value is -1.32. The third-order valence-electron chi connectivity index (χ3n) is 4.13. The Kier molecular flexibility index (Phi) is 7.69. The van der Waals surface area contributed by atoms with Crippen LogP contribution in [-0.4, -0.2) is 22.2 Å². The second-order valence-electron chi connectivity index (χ2n) is 6.65. The van der Waals surface area contributed by atoms with Gasteiger partial charge in [0.15, 0.2) is 0 Å². The van der Waals surface area contributed by atoms with Gasteiger partial charge in [0.1, 0.15) is 5.57 Å². The Morgan fingerprint density at radius 2 is 1.33 bits per heavy atom. The van der Waals surface area contributed by atoms with E-state index in [1.165, 1.54) is 0 Å². The van der Waals surface area contributed by atoms with Crippen LogP contribution in [0.3, 0.4) is 0 Å². The second kappa shape index (κ2) is 8.20. The van der Waals surface area contributed by atoms with Crippen molar-refractivity contribution in [3.63, 3.8) is 0 Å². The minimum Gasteiger partial charge on any atom is -0.477 e. The van der Waals surface area contributed by atoms with Crippen LogP contribution in [0.5, 0.6) is 0 Å². The number of carboxylic acid groups (broad SMARTS) is 2. The van der Waals surface area contributed by atoms with E-state index in [-0.39, 0.29) is 11.3 Å². The SMILES string of the molecule is CCC(CC)(CC(C)C)C(CC(C)C)=C(C(=O)O)C(=O)O. The molecule has 0 atom stereocenters. The van der Waals surface area contributed by atoms with E-state index in [2.05, 4.69) is 13.8 Å². The van der Waals surface area contributed by atoms with E-state index in [1.54, 1.807) is 0 Å². The number of rotatable bonds is 9. The van der Waals surface area contributed by atoms with Gasteiger partial charge in [0.25, 0.3) is 0 Å². The highest BCUT2D eigenvalue weighted by atomic mass is 16.4. The maximum Gasteiger partial charge on any atom is 0.343 e. The van der Waals surface area contributed by atoms with Crippen molar-refractivity contribution in [2.45, 2.75) is 67.2 Å². The number of carboxylic acids is 2. The van der Waals surface area contributed by atoms with Crippen LogP contribution in [0.1, 0.15) is 67.2 Å². The molecule has 0 spiro atoms. The van der Waals surface area contributed by atoms with E-state index in [9.17, 15) is 19.8 Å². The van der Waals surface area contributed by atoms with Gasteiger partial charge in [-0.25, -0.2) is 9.59 Å². The van der Waals surface area contributed by atoms with Crippen LogP contribution in [0.25, 0.3) is 0 Å². The smallest absolute Gasteiger partial charge is 0.343 e. The fourth-order valence-corrected chi connectivity index (χ4v) is 3.21. The maximum absolute atomic E-state index is 11.5. The summed E-state index contributed by atoms with van der Waals surface area (Å²) >= 11 is 0. The molecule has 0 rings (SSSR count). The molecule has 0 aromatic heterocycles. The molecule has 0 aromatic carbocycles. The van der Waals surface area contributed by atoms with Crippen LogP contribution < -0.4 is 0 Å². The summed E-state index contributed by atoms with van der Waals surface area (Å²) in [4.78, 5) is 23.0. The van der Waals surface area contributed by atoms with E-state index in [0.717, 1.165) is 19.3 Å². The van der Waals surface area contributed by atoms with Gasteiger partial charge in [-0.05, 0) is 48.5 Å². The summed E-state index contributed by atoms with van der Waals surface area (Å²) in [5, 5.41) is 18.8. The topological polar surface area (TPSA) is 74.6 Å². The number of hydrogen-bond acceptors (Lipinski definition) is 2. The Bertz CT molecular complexity index is 385. The number of aliphatic carboxylic acids is 2. The highest BCUT2D eigenvalue weighted by Gasteiger charge is 2.37. The zero-order valence-electron chi connectivity index (χ0n) is 14.2. The van der Waals surface area contributed by atoms with Gasteiger partial charge in [-0.2, -0.15) is 0 Å². The molecule has 122 valence electrons. The van der Waals surface area contributed by atoms with Crippen LogP contribution in [0.4, 0.5) is 0 Å². The van der Waals surface area contributed by atoms with Crippen molar-refractivity contribution in [2.75, 3.05) is 0 Å². The van der Waals surface area contributed by atoms with Crippen molar-refractivity contribution < 1.29 is 19.8 Å². The zero-order chi connectivity index (χ0) is 16.8. The van der Waals surface area contributed by atoms with Crippen molar-refractivity contribution in [2.24, 2.45) is 17.3 Å². The van der Waals surface area contributed by atoms with Crippen molar-refractivity contribution in [1.29, 1.82) is 0 Å². The quantitative estimate of drug-likeness (QED) is 0.377. The van der Waals surface area contributed by atoms with E-state index in [1.807, 2.05) is 27.7 Å². The molecular weight excluding hydrogens is 268 g/mol. The molecule has 0 radical (unpaired) electrons. The predicted octanol–water partition coefficient (Wildman–Crippen LogP) is 4.35. The van der Waals surface area contributed by atoms with Crippen LogP contribution in [0.2, 0.25) is 0 Å². The molecule has 0 fully saturated rings. The summed E-state index contributed by atoms with van der Waals surface area (Å²) in [5.41, 5.74) is -0.158. The molecule has 0 aromatic rings. The molecule has 0 aliphatic carbocycles. The number of hydrogen-bond donors (Lipinski definition) is 2. The largest absolute Gasteiger partial charge is 0.477 e. The maximum atomic E-state index is 11.5. The molecule has 0 heterocycles. The summed E-state index contributed by atoms with van der Waals surface area (Å²) in [7, 11) is 0. The van der Waals surface area contributed by atoms with Gasteiger partial charge >= 0.3 is 11.9 Å². The molecule has 21 heavy (non-hydrogen) atoms. The Morgan fingerprint density at radius 1 is 0.905 bits per heavy atom. The fourth-order valence-electron chi connectivity index (χ4n) is 3.21. The Morgan fingerprint density at radius 3 is 1.57 bits per heavy atom. The first-order valence-corrected chi connectivity index (χ1v) is 7.81. The van der Waals surface area contributed by atoms with Gasteiger partial charge in [0.2, 0.25) is 0 Å². The summed E-state index contributed by atoms with van der Waals surface area (Å²) in [6, 6.07) is 0. The number of carbonyl (C=O) groups is 2. The first-order chi connectivity index (χ1) is 9.61. The molecule has 2 N–H and O–H groups in total. The third-order valence-corrected chi connectivity index (χ3v) is 4.13. The first-order valence-electron chi connectivity index (χ1n) is 7.81. The van der Waals surface area contributed by atoms with Gasteiger partial charge < -0.3 is 10.2 Å². The average molecular weight is 298 g/mol. The van der Waals surface area contributed by atoms with Crippen LogP contribution in [0, 0.1) is 17.3 Å². The lowest BCUT2D eigenvalue weighted by Gasteiger charge is -2.38. The van der Waals surface area contributed by atoms with Crippen molar-refractivity contribution >= 4 is 11.9 Å². The van der Waals surface area contributed by atoms with Gasteiger partial charge in [-0.15, -0.1) is 0 Å². The Labute approximate surface area is 128 Å². The van der Waals surface area contributed by atoms with E-state index < -0.39 is 17.5 Å². The fraction of sp³-hybridized carbons (Fsp3) is 0.765. The highest BCUT2D eigenvalue weighted by molar-refractivity contribution is 6.13. The summed E-state index contributed by atoms with van der Waals surface area (Å²) in [5.74, 6) is -2.05. The Balaban J connectivity index is 6.25. The minimum atomic E-state index is -1.33. The van der Waals surface area contributed by atoms with Crippen LogP contribution in [-0.2, 0) is 9.59 Å². The summed E-state index contributed by atoms with van der Waals surface area (Å²) in [6.45, 7) is 12.2. The van der Waals surface area contributed by atoms with Crippen molar-refractivity contribution in [3.05, 3.63) is 11.1 Å². The predicted molar refractivity (Wildman–Crippen MR) is 84.2 cm³/mol. The monoisotopic (exact) mass is 298 g/mol. The van der Waals surface area contributed by atoms with Gasteiger partial charge in [-0.3, -0.25) is 0 Å². The molecule has 4 nitrogen and oxygen atoms in total. The third kappa shape index (κ3) is 5.18. The van der Waals surface area contributed by atoms with Crippen molar-refractivity contribution in [1.82, 2.24) is 0 Å². The molecular formula is C17H30O4.